The first-order valence-electron chi connectivity index (χ1n) is 4.62. The predicted octanol–water partition coefficient (Wildman–Crippen LogP) is 1.21. The van der Waals surface area contributed by atoms with Crippen LogP contribution in [0.2, 0.25) is 0 Å². The maximum atomic E-state index is 11.4. The molecule has 3 N–H and O–H groups in total. The number of nitrogens with one attached hydrogen (secondary N) is 1. The lowest BCUT2D eigenvalue weighted by Gasteiger charge is -2.17. The summed E-state index contributed by atoms with van der Waals surface area (Å²) in [5.41, 5.74) is 5.45. The molecular formula is C9H18N2OS. The average molecular weight is 202 g/mol. The van der Waals surface area contributed by atoms with E-state index in [1.54, 1.807) is 0 Å². The topological polar surface area (TPSA) is 55.1 Å². The number of rotatable bonds is 5. The van der Waals surface area contributed by atoms with Crippen LogP contribution >= 0.6 is 12.2 Å². The Kier molecular flexibility index (Phi) is 5.62. The van der Waals surface area contributed by atoms with Gasteiger partial charge in [0.25, 0.3) is 0 Å². The van der Waals surface area contributed by atoms with Crippen molar-refractivity contribution in [2.24, 2.45) is 11.7 Å². The molecule has 2 atom stereocenters. The van der Waals surface area contributed by atoms with Crippen molar-refractivity contribution in [3.63, 3.8) is 0 Å². The van der Waals surface area contributed by atoms with Crippen LogP contribution in [-0.4, -0.2) is 16.9 Å². The Labute approximate surface area is 85.1 Å². The van der Waals surface area contributed by atoms with E-state index in [1.807, 2.05) is 20.8 Å². The molecule has 0 aliphatic carbocycles. The van der Waals surface area contributed by atoms with Crippen LogP contribution in [0.15, 0.2) is 0 Å². The summed E-state index contributed by atoms with van der Waals surface area (Å²) in [5.74, 6) is 0.0607. The monoisotopic (exact) mass is 202 g/mol. The van der Waals surface area contributed by atoms with Crippen molar-refractivity contribution in [2.45, 2.75) is 39.7 Å². The third-order valence-corrected chi connectivity index (χ3v) is 2.41. The van der Waals surface area contributed by atoms with E-state index in [0.717, 1.165) is 12.8 Å². The minimum absolute atomic E-state index is 0.0298. The van der Waals surface area contributed by atoms with Crippen LogP contribution in [0.25, 0.3) is 0 Å². The van der Waals surface area contributed by atoms with Gasteiger partial charge in [0, 0.05) is 5.92 Å². The molecule has 13 heavy (non-hydrogen) atoms. The van der Waals surface area contributed by atoms with Crippen molar-refractivity contribution in [1.29, 1.82) is 0 Å². The molecule has 0 aliphatic rings. The molecule has 0 radical (unpaired) electrons. The lowest BCUT2D eigenvalue weighted by molar-refractivity contribution is -0.124. The number of carbonyl (C=O) groups is 1. The van der Waals surface area contributed by atoms with E-state index in [0.29, 0.717) is 4.99 Å². The highest BCUT2D eigenvalue weighted by Gasteiger charge is 2.16. The van der Waals surface area contributed by atoms with Crippen molar-refractivity contribution < 1.29 is 4.79 Å². The Morgan fingerprint density at radius 2 is 2.00 bits per heavy atom. The molecule has 2 unspecified atom stereocenters. The third-order valence-electron chi connectivity index (χ3n) is 2.13. The van der Waals surface area contributed by atoms with Crippen LogP contribution in [-0.2, 0) is 4.79 Å². The van der Waals surface area contributed by atoms with Gasteiger partial charge in [-0.15, -0.1) is 0 Å². The summed E-state index contributed by atoms with van der Waals surface area (Å²) in [6.07, 6.45) is 1.58. The van der Waals surface area contributed by atoms with Gasteiger partial charge in [-0.25, -0.2) is 0 Å². The fraction of sp³-hybridized carbons (Fsp3) is 0.778. The molecule has 4 heteroatoms. The summed E-state index contributed by atoms with van der Waals surface area (Å²) in [7, 11) is 0. The first-order chi connectivity index (χ1) is 6.02. The molecule has 0 heterocycles. The van der Waals surface area contributed by atoms with Gasteiger partial charge in [0.05, 0.1) is 11.0 Å². The Hall–Kier alpha value is -0.640. The number of amides is 1. The zero-order valence-electron chi connectivity index (χ0n) is 8.46. The third kappa shape index (κ3) is 4.22. The Morgan fingerprint density at radius 3 is 2.31 bits per heavy atom. The Morgan fingerprint density at radius 1 is 1.46 bits per heavy atom. The van der Waals surface area contributed by atoms with Gasteiger partial charge in [-0.2, -0.15) is 0 Å². The molecule has 1 amide bonds. The SMILES string of the molecule is CCC(C)C(=O)NC(CC)C(N)=S. The summed E-state index contributed by atoms with van der Waals surface area (Å²) < 4.78 is 0. The molecule has 0 rings (SSSR count). The molecule has 0 aliphatic heterocycles. The van der Waals surface area contributed by atoms with Crippen molar-refractivity contribution in [2.75, 3.05) is 0 Å². The van der Waals surface area contributed by atoms with Crippen molar-refractivity contribution >= 4 is 23.1 Å². The molecule has 0 saturated carbocycles. The number of nitrogens with two attached hydrogens (primary N) is 1. The van der Waals surface area contributed by atoms with Gasteiger partial charge in [0.1, 0.15) is 0 Å². The van der Waals surface area contributed by atoms with Crippen LogP contribution < -0.4 is 11.1 Å². The predicted molar refractivity (Wildman–Crippen MR) is 58.5 cm³/mol. The fourth-order valence-corrected chi connectivity index (χ4v) is 1.10. The minimum atomic E-state index is -0.156. The number of hydrogen-bond acceptors (Lipinski definition) is 2. The minimum Gasteiger partial charge on any atom is -0.392 e. The second kappa shape index (κ2) is 5.91. The molecule has 0 fully saturated rings. The van der Waals surface area contributed by atoms with E-state index < -0.39 is 0 Å². The van der Waals surface area contributed by atoms with Crippen LogP contribution in [0.5, 0.6) is 0 Å². The van der Waals surface area contributed by atoms with Crippen molar-refractivity contribution in [1.82, 2.24) is 5.32 Å². The van der Waals surface area contributed by atoms with Crippen LogP contribution in [0, 0.1) is 5.92 Å². The van der Waals surface area contributed by atoms with Gasteiger partial charge in [-0.3, -0.25) is 4.79 Å². The van der Waals surface area contributed by atoms with Gasteiger partial charge < -0.3 is 11.1 Å². The molecule has 0 spiro atoms. The highest BCUT2D eigenvalue weighted by Crippen LogP contribution is 2.01. The van der Waals surface area contributed by atoms with E-state index in [9.17, 15) is 4.79 Å². The lowest BCUT2D eigenvalue weighted by Crippen LogP contribution is -2.44. The summed E-state index contributed by atoms with van der Waals surface area (Å²) >= 11 is 4.82. The summed E-state index contributed by atoms with van der Waals surface area (Å²) in [6, 6.07) is -0.156. The highest BCUT2D eigenvalue weighted by molar-refractivity contribution is 7.80. The van der Waals surface area contributed by atoms with Crippen LogP contribution in [0.1, 0.15) is 33.6 Å². The largest absolute Gasteiger partial charge is 0.392 e. The average Bonchev–Trinajstić information content (AvgIpc) is 2.11. The first-order valence-corrected chi connectivity index (χ1v) is 5.03. The lowest BCUT2D eigenvalue weighted by atomic mass is 10.1. The first kappa shape index (κ1) is 12.4. The molecule has 76 valence electrons. The highest BCUT2D eigenvalue weighted by atomic mass is 32.1. The maximum absolute atomic E-state index is 11.4. The van der Waals surface area contributed by atoms with Gasteiger partial charge in [0.2, 0.25) is 5.91 Å². The smallest absolute Gasteiger partial charge is 0.223 e. The van der Waals surface area contributed by atoms with Crippen molar-refractivity contribution in [3.8, 4) is 0 Å². The summed E-state index contributed by atoms with van der Waals surface area (Å²) in [4.78, 5) is 11.8. The molecule has 0 saturated heterocycles. The zero-order chi connectivity index (χ0) is 10.4. The second-order valence-electron chi connectivity index (χ2n) is 3.18. The molecule has 0 aromatic carbocycles. The zero-order valence-corrected chi connectivity index (χ0v) is 9.28. The Bertz CT molecular complexity index is 194. The second-order valence-corrected chi connectivity index (χ2v) is 3.65. The van der Waals surface area contributed by atoms with E-state index in [2.05, 4.69) is 5.32 Å². The molecule has 0 aromatic rings. The fourth-order valence-electron chi connectivity index (χ4n) is 0.874. The van der Waals surface area contributed by atoms with E-state index in [1.165, 1.54) is 0 Å². The molecular weight excluding hydrogens is 184 g/mol. The molecule has 0 bridgehead atoms. The number of carbonyl (C=O) groups excluding carboxylic acids is 1. The normalized spacial score (nSPS) is 14.7. The van der Waals surface area contributed by atoms with E-state index in [4.69, 9.17) is 18.0 Å². The van der Waals surface area contributed by atoms with Gasteiger partial charge in [-0.05, 0) is 12.8 Å². The van der Waals surface area contributed by atoms with Gasteiger partial charge in [-0.1, -0.05) is 33.0 Å². The van der Waals surface area contributed by atoms with E-state index >= 15 is 0 Å². The summed E-state index contributed by atoms with van der Waals surface area (Å²) in [6.45, 7) is 5.81. The number of thiocarbonyl (C=S) groups is 1. The molecule has 0 aromatic heterocycles. The van der Waals surface area contributed by atoms with Crippen LogP contribution in [0.4, 0.5) is 0 Å². The number of hydrogen-bond donors (Lipinski definition) is 2. The van der Waals surface area contributed by atoms with Gasteiger partial charge >= 0.3 is 0 Å². The summed E-state index contributed by atoms with van der Waals surface area (Å²) in [5, 5.41) is 2.81. The standard InChI is InChI=1S/C9H18N2OS/c1-4-6(3)9(12)11-7(5-2)8(10)13/h6-7H,4-5H2,1-3H3,(H2,10,13)(H,11,12). The van der Waals surface area contributed by atoms with Gasteiger partial charge in [0.15, 0.2) is 0 Å². The van der Waals surface area contributed by atoms with Crippen LogP contribution in [0.3, 0.4) is 0 Å². The Balaban J connectivity index is 4.09. The molecule has 3 nitrogen and oxygen atoms in total. The quantitative estimate of drug-likeness (QED) is 0.659. The van der Waals surface area contributed by atoms with E-state index in [-0.39, 0.29) is 17.9 Å². The maximum Gasteiger partial charge on any atom is 0.223 e. The van der Waals surface area contributed by atoms with Crippen molar-refractivity contribution in [3.05, 3.63) is 0 Å².